The Hall–Kier alpha value is -0.0400. The van der Waals surface area contributed by atoms with Crippen LogP contribution in [0.15, 0.2) is 23.8 Å². The molecular weight excluding hydrogens is 164 g/mol. The van der Waals surface area contributed by atoms with Crippen LogP contribution in [0.5, 0.6) is 0 Å². The summed E-state index contributed by atoms with van der Waals surface area (Å²) >= 11 is 3.39. The molecular formula is C7H9Br. The van der Waals surface area contributed by atoms with Crippen molar-refractivity contribution in [3.05, 3.63) is 23.8 Å². The van der Waals surface area contributed by atoms with Gasteiger partial charge in [0.25, 0.3) is 0 Å². The fraction of sp³-hybridized carbons (Fsp3) is 0.429. The highest BCUT2D eigenvalue weighted by molar-refractivity contribution is 9.09. The first kappa shape index (κ1) is 6.09. The molecule has 0 radical (unpaired) electrons. The first-order chi connectivity index (χ1) is 3.93. The Balaban J connectivity index is 2.51. The fourth-order valence-corrected chi connectivity index (χ4v) is 1.18. The monoisotopic (exact) mass is 172 g/mol. The summed E-state index contributed by atoms with van der Waals surface area (Å²) in [5, 5.41) is 1.00. The van der Waals surface area contributed by atoms with Crippen LogP contribution in [0.3, 0.4) is 0 Å². The van der Waals surface area contributed by atoms with Crippen molar-refractivity contribution in [2.45, 2.75) is 12.8 Å². The minimum Gasteiger partial charge on any atom is -0.0876 e. The van der Waals surface area contributed by atoms with E-state index in [2.05, 4.69) is 34.2 Å². The molecule has 0 aliphatic heterocycles. The van der Waals surface area contributed by atoms with Crippen molar-refractivity contribution in [3.8, 4) is 0 Å². The number of hydrogen-bond donors (Lipinski definition) is 0. The first-order valence-corrected chi connectivity index (χ1v) is 3.97. The van der Waals surface area contributed by atoms with Gasteiger partial charge in [-0.05, 0) is 18.4 Å². The van der Waals surface area contributed by atoms with Crippen LogP contribution >= 0.6 is 15.9 Å². The van der Waals surface area contributed by atoms with E-state index in [1.54, 1.807) is 0 Å². The Morgan fingerprint density at radius 1 is 1.50 bits per heavy atom. The van der Waals surface area contributed by atoms with Crippen LogP contribution in [0.2, 0.25) is 0 Å². The third kappa shape index (κ3) is 1.48. The molecule has 0 fully saturated rings. The van der Waals surface area contributed by atoms with Gasteiger partial charge in [0.05, 0.1) is 0 Å². The summed E-state index contributed by atoms with van der Waals surface area (Å²) in [5.74, 6) is 0. The molecule has 0 saturated heterocycles. The predicted octanol–water partition coefficient (Wildman–Crippen LogP) is 2.66. The maximum atomic E-state index is 3.39. The molecule has 0 aromatic rings. The van der Waals surface area contributed by atoms with Gasteiger partial charge >= 0.3 is 0 Å². The van der Waals surface area contributed by atoms with Gasteiger partial charge in [0.2, 0.25) is 0 Å². The minimum absolute atomic E-state index is 1.00. The van der Waals surface area contributed by atoms with Crippen molar-refractivity contribution in [2.75, 3.05) is 5.33 Å². The molecule has 1 rings (SSSR count). The summed E-state index contributed by atoms with van der Waals surface area (Å²) in [6.45, 7) is 0. The summed E-state index contributed by atoms with van der Waals surface area (Å²) in [4.78, 5) is 0. The Labute approximate surface area is 58.4 Å². The normalized spacial score (nSPS) is 18.4. The van der Waals surface area contributed by atoms with Gasteiger partial charge in [-0.1, -0.05) is 34.2 Å². The lowest BCUT2D eigenvalue weighted by molar-refractivity contribution is 1.02. The van der Waals surface area contributed by atoms with Crippen molar-refractivity contribution in [2.24, 2.45) is 0 Å². The summed E-state index contributed by atoms with van der Waals surface area (Å²) in [7, 11) is 0. The second kappa shape index (κ2) is 3.08. The molecule has 0 saturated carbocycles. The van der Waals surface area contributed by atoms with Crippen molar-refractivity contribution in [1.82, 2.24) is 0 Å². The van der Waals surface area contributed by atoms with Crippen LogP contribution in [0, 0.1) is 0 Å². The third-order valence-electron chi connectivity index (χ3n) is 1.23. The maximum absolute atomic E-state index is 3.39. The lowest BCUT2D eigenvalue weighted by atomic mass is 10.1. The molecule has 0 spiro atoms. The molecule has 8 heavy (non-hydrogen) atoms. The second-order valence-corrected chi connectivity index (χ2v) is 2.45. The van der Waals surface area contributed by atoms with Gasteiger partial charge in [0.15, 0.2) is 0 Å². The quantitative estimate of drug-likeness (QED) is 0.534. The largest absolute Gasteiger partial charge is 0.0876 e. The summed E-state index contributed by atoms with van der Waals surface area (Å²) < 4.78 is 0. The highest BCUT2D eigenvalue weighted by Gasteiger charge is 1.91. The van der Waals surface area contributed by atoms with Crippen LogP contribution in [0.25, 0.3) is 0 Å². The molecule has 0 aromatic carbocycles. The first-order valence-electron chi connectivity index (χ1n) is 2.85. The highest BCUT2D eigenvalue weighted by Crippen LogP contribution is 2.10. The molecule has 0 nitrogen and oxygen atoms in total. The Kier molecular flexibility index (Phi) is 2.34. The van der Waals surface area contributed by atoms with E-state index in [4.69, 9.17) is 0 Å². The van der Waals surface area contributed by atoms with Crippen molar-refractivity contribution >= 4 is 15.9 Å². The van der Waals surface area contributed by atoms with Crippen LogP contribution in [0.4, 0.5) is 0 Å². The van der Waals surface area contributed by atoms with E-state index in [0.29, 0.717) is 0 Å². The zero-order valence-corrected chi connectivity index (χ0v) is 6.32. The fourth-order valence-electron chi connectivity index (χ4n) is 0.767. The Morgan fingerprint density at radius 2 is 2.38 bits per heavy atom. The molecule has 0 N–H and O–H groups in total. The van der Waals surface area contributed by atoms with E-state index in [1.165, 1.54) is 18.4 Å². The smallest absolute Gasteiger partial charge is 0.0279 e. The average molecular weight is 173 g/mol. The lowest BCUT2D eigenvalue weighted by Crippen LogP contribution is -1.83. The minimum atomic E-state index is 1.00. The molecule has 1 heteroatoms. The maximum Gasteiger partial charge on any atom is 0.0279 e. The van der Waals surface area contributed by atoms with Gasteiger partial charge in [-0.3, -0.25) is 0 Å². The molecule has 0 aromatic heterocycles. The third-order valence-corrected chi connectivity index (χ3v) is 1.87. The molecule has 44 valence electrons. The van der Waals surface area contributed by atoms with Gasteiger partial charge in [0, 0.05) is 5.33 Å². The van der Waals surface area contributed by atoms with E-state index in [9.17, 15) is 0 Å². The van der Waals surface area contributed by atoms with Gasteiger partial charge in [-0.15, -0.1) is 0 Å². The highest BCUT2D eigenvalue weighted by atomic mass is 79.9. The summed E-state index contributed by atoms with van der Waals surface area (Å²) in [5.41, 5.74) is 1.41. The van der Waals surface area contributed by atoms with E-state index in [-0.39, 0.29) is 0 Å². The molecule has 1 aliphatic rings. The summed E-state index contributed by atoms with van der Waals surface area (Å²) in [6.07, 6.45) is 9.11. The van der Waals surface area contributed by atoms with Gasteiger partial charge in [0.1, 0.15) is 0 Å². The number of hydrogen-bond acceptors (Lipinski definition) is 0. The molecule has 0 heterocycles. The van der Waals surface area contributed by atoms with Crippen molar-refractivity contribution < 1.29 is 0 Å². The van der Waals surface area contributed by atoms with Crippen LogP contribution in [0.1, 0.15) is 12.8 Å². The Bertz CT molecular complexity index is 122. The number of rotatable bonds is 1. The molecule has 0 bridgehead atoms. The standard InChI is InChI=1S/C7H9Br/c8-6-7-4-2-1-3-5-7/h2,4-5H,1,3,6H2. The molecule has 0 atom stereocenters. The lowest BCUT2D eigenvalue weighted by Gasteiger charge is -2.00. The van der Waals surface area contributed by atoms with Crippen molar-refractivity contribution in [3.63, 3.8) is 0 Å². The van der Waals surface area contributed by atoms with Gasteiger partial charge < -0.3 is 0 Å². The zero-order valence-electron chi connectivity index (χ0n) is 4.73. The van der Waals surface area contributed by atoms with Gasteiger partial charge in [-0.2, -0.15) is 0 Å². The number of allylic oxidation sites excluding steroid dienone is 4. The second-order valence-electron chi connectivity index (χ2n) is 1.89. The van der Waals surface area contributed by atoms with E-state index in [1.807, 2.05) is 0 Å². The van der Waals surface area contributed by atoms with Crippen LogP contribution < -0.4 is 0 Å². The number of alkyl halides is 1. The van der Waals surface area contributed by atoms with Crippen molar-refractivity contribution in [1.29, 1.82) is 0 Å². The van der Waals surface area contributed by atoms with E-state index >= 15 is 0 Å². The van der Waals surface area contributed by atoms with E-state index < -0.39 is 0 Å². The SMILES string of the molecule is BrCC1=CCCC=C1. The molecule has 0 unspecified atom stereocenters. The van der Waals surface area contributed by atoms with E-state index in [0.717, 1.165) is 5.33 Å². The Morgan fingerprint density at radius 3 is 2.75 bits per heavy atom. The van der Waals surface area contributed by atoms with Gasteiger partial charge in [-0.25, -0.2) is 0 Å². The van der Waals surface area contributed by atoms with Crippen LogP contribution in [-0.4, -0.2) is 5.33 Å². The number of halogens is 1. The molecule has 1 aliphatic carbocycles. The zero-order chi connectivity index (χ0) is 5.82. The summed E-state index contributed by atoms with van der Waals surface area (Å²) in [6, 6.07) is 0. The molecule has 0 amide bonds. The predicted molar refractivity (Wildman–Crippen MR) is 40.3 cm³/mol. The topological polar surface area (TPSA) is 0 Å². The average Bonchev–Trinajstić information content (AvgIpc) is 1.90. The van der Waals surface area contributed by atoms with Crippen LogP contribution in [-0.2, 0) is 0 Å².